The molecule has 0 N–H and O–H groups in total. The van der Waals surface area contributed by atoms with Gasteiger partial charge in [0.15, 0.2) is 6.61 Å². The van der Waals surface area contributed by atoms with Crippen LogP contribution in [0, 0.1) is 0 Å². The molecule has 0 atom stereocenters. The Bertz CT molecular complexity index is 781. The summed E-state index contributed by atoms with van der Waals surface area (Å²) in [4.78, 5) is 11.2. The molecule has 0 radical (unpaired) electrons. The van der Waals surface area contributed by atoms with Gasteiger partial charge in [-0.2, -0.15) is 0 Å². The lowest BCUT2D eigenvalue weighted by atomic mass is 10.2. The van der Waals surface area contributed by atoms with Gasteiger partial charge in [0.1, 0.15) is 0 Å². The number of carbonyl (C=O) groups is 1. The molecule has 0 saturated heterocycles. The van der Waals surface area contributed by atoms with E-state index in [4.69, 9.17) is 4.74 Å². The van der Waals surface area contributed by atoms with Crippen molar-refractivity contribution in [2.45, 2.75) is 6.54 Å². The molecule has 1 heterocycles. The molecule has 112 valence electrons. The van der Waals surface area contributed by atoms with Crippen LogP contribution in [-0.2, 0) is 16.1 Å². The SMILES string of the molecule is COC(=O)COc1nn(Cc2ccccc2)c2ccccc12. The summed E-state index contributed by atoms with van der Waals surface area (Å²) >= 11 is 0. The third-order valence-corrected chi connectivity index (χ3v) is 3.35. The van der Waals surface area contributed by atoms with E-state index in [1.807, 2.05) is 59.3 Å². The first-order valence-electron chi connectivity index (χ1n) is 6.97. The summed E-state index contributed by atoms with van der Waals surface area (Å²) < 4.78 is 11.9. The van der Waals surface area contributed by atoms with Crippen molar-refractivity contribution >= 4 is 16.9 Å². The first-order valence-corrected chi connectivity index (χ1v) is 6.97. The Morgan fingerprint density at radius 3 is 2.59 bits per heavy atom. The molecule has 0 unspecified atom stereocenters. The predicted octanol–water partition coefficient (Wildman–Crippen LogP) is 2.64. The molecule has 0 bridgehead atoms. The van der Waals surface area contributed by atoms with Gasteiger partial charge >= 0.3 is 5.97 Å². The zero-order valence-electron chi connectivity index (χ0n) is 12.2. The fraction of sp³-hybridized carbons (Fsp3) is 0.176. The van der Waals surface area contributed by atoms with E-state index in [2.05, 4.69) is 9.84 Å². The number of carbonyl (C=O) groups excluding carboxylic acids is 1. The van der Waals surface area contributed by atoms with Crippen LogP contribution < -0.4 is 4.74 Å². The van der Waals surface area contributed by atoms with E-state index in [0.29, 0.717) is 12.4 Å². The highest BCUT2D eigenvalue weighted by atomic mass is 16.6. The quantitative estimate of drug-likeness (QED) is 0.679. The molecule has 1 aromatic heterocycles. The molecule has 0 aliphatic rings. The number of nitrogens with zero attached hydrogens (tertiary/aromatic N) is 2. The number of para-hydroxylation sites is 1. The topological polar surface area (TPSA) is 53.4 Å². The first-order chi connectivity index (χ1) is 10.8. The van der Waals surface area contributed by atoms with Crippen molar-refractivity contribution in [3.8, 4) is 5.88 Å². The smallest absolute Gasteiger partial charge is 0.343 e. The van der Waals surface area contributed by atoms with Crippen molar-refractivity contribution in [1.82, 2.24) is 9.78 Å². The average molecular weight is 296 g/mol. The van der Waals surface area contributed by atoms with Crippen molar-refractivity contribution in [1.29, 1.82) is 0 Å². The van der Waals surface area contributed by atoms with Crippen molar-refractivity contribution in [3.05, 3.63) is 60.2 Å². The third kappa shape index (κ3) is 2.93. The summed E-state index contributed by atoms with van der Waals surface area (Å²) in [6, 6.07) is 17.8. The van der Waals surface area contributed by atoms with Crippen molar-refractivity contribution in [3.63, 3.8) is 0 Å². The van der Waals surface area contributed by atoms with Gasteiger partial charge in [-0.3, -0.25) is 4.68 Å². The van der Waals surface area contributed by atoms with Crippen molar-refractivity contribution < 1.29 is 14.3 Å². The minimum absolute atomic E-state index is 0.150. The molecular formula is C17H16N2O3. The Labute approximate surface area is 128 Å². The highest BCUT2D eigenvalue weighted by molar-refractivity contribution is 5.85. The number of benzene rings is 2. The lowest BCUT2D eigenvalue weighted by Crippen LogP contribution is -2.13. The van der Waals surface area contributed by atoms with Crippen molar-refractivity contribution in [2.75, 3.05) is 13.7 Å². The third-order valence-electron chi connectivity index (χ3n) is 3.35. The largest absolute Gasteiger partial charge is 0.466 e. The van der Waals surface area contributed by atoms with Gasteiger partial charge in [-0.05, 0) is 17.7 Å². The number of esters is 1. The van der Waals surface area contributed by atoms with Gasteiger partial charge in [-0.15, -0.1) is 5.10 Å². The molecule has 2 aromatic carbocycles. The summed E-state index contributed by atoms with van der Waals surface area (Å²) in [6.45, 7) is 0.492. The monoisotopic (exact) mass is 296 g/mol. The highest BCUT2D eigenvalue weighted by Crippen LogP contribution is 2.25. The second-order valence-electron chi connectivity index (χ2n) is 4.83. The Morgan fingerprint density at radius 2 is 1.82 bits per heavy atom. The van der Waals surface area contributed by atoms with Crippen LogP contribution in [0.3, 0.4) is 0 Å². The molecule has 5 nitrogen and oxygen atoms in total. The maximum absolute atomic E-state index is 11.2. The number of rotatable bonds is 5. The van der Waals surface area contributed by atoms with Gasteiger partial charge < -0.3 is 9.47 Å². The molecule has 0 amide bonds. The van der Waals surface area contributed by atoms with E-state index < -0.39 is 5.97 Å². The van der Waals surface area contributed by atoms with Crippen LogP contribution in [0.1, 0.15) is 5.56 Å². The van der Waals surface area contributed by atoms with E-state index in [0.717, 1.165) is 16.5 Å². The summed E-state index contributed by atoms with van der Waals surface area (Å²) in [5.74, 6) is 0.0126. The lowest BCUT2D eigenvalue weighted by molar-refractivity contribution is -0.142. The van der Waals surface area contributed by atoms with Gasteiger partial charge in [0.2, 0.25) is 5.88 Å². The van der Waals surface area contributed by atoms with Crippen LogP contribution >= 0.6 is 0 Å². The maximum Gasteiger partial charge on any atom is 0.343 e. The zero-order valence-corrected chi connectivity index (χ0v) is 12.2. The Hall–Kier alpha value is -2.82. The fourth-order valence-electron chi connectivity index (χ4n) is 2.27. The maximum atomic E-state index is 11.2. The highest BCUT2D eigenvalue weighted by Gasteiger charge is 2.13. The second-order valence-corrected chi connectivity index (χ2v) is 4.83. The number of ether oxygens (including phenoxy) is 2. The predicted molar refractivity (Wildman–Crippen MR) is 82.8 cm³/mol. The van der Waals surface area contributed by atoms with Gasteiger partial charge in [0.05, 0.1) is 24.6 Å². The standard InChI is InChI=1S/C17H16N2O3/c1-21-16(20)12-22-17-14-9-5-6-10-15(14)19(18-17)11-13-7-3-2-4-8-13/h2-10H,11-12H2,1H3. The van der Waals surface area contributed by atoms with E-state index >= 15 is 0 Å². The molecule has 5 heteroatoms. The van der Waals surface area contributed by atoms with Gasteiger partial charge in [0, 0.05) is 0 Å². The van der Waals surface area contributed by atoms with Crippen LogP contribution in [0.5, 0.6) is 5.88 Å². The summed E-state index contributed by atoms with van der Waals surface area (Å²) in [6.07, 6.45) is 0. The molecule has 0 fully saturated rings. The lowest BCUT2D eigenvalue weighted by Gasteiger charge is -2.03. The molecule has 0 spiro atoms. The second kappa shape index (κ2) is 6.30. The van der Waals surface area contributed by atoms with Gasteiger partial charge in [-0.25, -0.2) is 4.79 Å². The number of hydrogen-bond donors (Lipinski definition) is 0. The molecule has 0 aliphatic heterocycles. The summed E-state index contributed by atoms with van der Waals surface area (Å²) in [5.41, 5.74) is 2.11. The molecule has 0 aliphatic carbocycles. The Morgan fingerprint density at radius 1 is 1.09 bits per heavy atom. The minimum atomic E-state index is -0.429. The first kappa shape index (κ1) is 14.1. The van der Waals surface area contributed by atoms with E-state index in [1.165, 1.54) is 7.11 Å². The fourth-order valence-corrected chi connectivity index (χ4v) is 2.27. The van der Waals surface area contributed by atoms with E-state index in [-0.39, 0.29) is 6.61 Å². The Balaban J connectivity index is 1.92. The van der Waals surface area contributed by atoms with Crippen LogP contribution in [0.25, 0.3) is 10.9 Å². The number of methoxy groups -OCH3 is 1. The summed E-state index contributed by atoms with van der Waals surface area (Å²) in [7, 11) is 1.33. The van der Waals surface area contributed by atoms with Crippen molar-refractivity contribution in [2.24, 2.45) is 0 Å². The van der Waals surface area contributed by atoms with Crippen LogP contribution in [0.4, 0.5) is 0 Å². The molecular weight excluding hydrogens is 280 g/mol. The van der Waals surface area contributed by atoms with Gasteiger partial charge in [-0.1, -0.05) is 42.5 Å². The molecule has 22 heavy (non-hydrogen) atoms. The summed E-state index contributed by atoms with van der Waals surface area (Å²) in [5, 5.41) is 5.35. The van der Waals surface area contributed by atoms with Crippen LogP contribution in [0.2, 0.25) is 0 Å². The van der Waals surface area contributed by atoms with Crippen LogP contribution in [0.15, 0.2) is 54.6 Å². The van der Waals surface area contributed by atoms with E-state index in [9.17, 15) is 4.79 Å². The molecule has 0 saturated carbocycles. The van der Waals surface area contributed by atoms with Gasteiger partial charge in [0.25, 0.3) is 0 Å². The number of aromatic nitrogens is 2. The Kier molecular flexibility index (Phi) is 4.05. The normalized spacial score (nSPS) is 10.6. The van der Waals surface area contributed by atoms with E-state index in [1.54, 1.807) is 0 Å². The molecule has 3 rings (SSSR count). The number of hydrogen-bond acceptors (Lipinski definition) is 4. The zero-order chi connectivity index (χ0) is 15.4. The molecule has 3 aromatic rings. The minimum Gasteiger partial charge on any atom is -0.466 e. The average Bonchev–Trinajstić information content (AvgIpc) is 2.92. The number of fused-ring (bicyclic) bond motifs is 1. The van der Waals surface area contributed by atoms with Crippen LogP contribution in [-0.4, -0.2) is 29.5 Å².